The molecule has 0 spiro atoms. The van der Waals surface area contributed by atoms with Crippen LogP contribution in [0, 0.1) is 11.8 Å². The first kappa shape index (κ1) is 19.3. The van der Waals surface area contributed by atoms with Gasteiger partial charge in [0.25, 0.3) is 10.0 Å². The number of carbonyl (C=O) groups is 2. The lowest BCUT2D eigenvalue weighted by molar-refractivity contribution is -0.141. The van der Waals surface area contributed by atoms with Crippen LogP contribution in [0.15, 0.2) is 21.7 Å². The molecule has 7 nitrogen and oxygen atoms in total. The Hall–Kier alpha value is -1.45. The molecule has 0 aromatic carbocycles. The summed E-state index contributed by atoms with van der Waals surface area (Å²) in [5, 5.41) is 1.69. The number of hydrogen-bond donors (Lipinski definition) is 1. The smallest absolute Gasteiger partial charge is 0.250 e. The van der Waals surface area contributed by atoms with Crippen molar-refractivity contribution in [3.63, 3.8) is 0 Å². The van der Waals surface area contributed by atoms with Crippen LogP contribution >= 0.6 is 11.3 Å². The third-order valence-corrected chi connectivity index (χ3v) is 7.64. The molecule has 1 N–H and O–H groups in total. The van der Waals surface area contributed by atoms with Gasteiger partial charge >= 0.3 is 0 Å². The molecule has 1 atom stereocenters. The molecule has 2 heterocycles. The van der Waals surface area contributed by atoms with Crippen LogP contribution in [-0.2, 0) is 19.6 Å². The summed E-state index contributed by atoms with van der Waals surface area (Å²) >= 11 is 1.12. The molecule has 1 aliphatic heterocycles. The number of amides is 2. The largest absolute Gasteiger partial charge is 0.339 e. The van der Waals surface area contributed by atoms with Crippen molar-refractivity contribution >= 4 is 33.2 Å². The van der Waals surface area contributed by atoms with Gasteiger partial charge in [0.1, 0.15) is 10.3 Å². The summed E-state index contributed by atoms with van der Waals surface area (Å²) in [6.07, 6.45) is 1.94. The van der Waals surface area contributed by atoms with Gasteiger partial charge in [-0.2, -0.15) is 4.72 Å². The summed E-state index contributed by atoms with van der Waals surface area (Å²) in [5.41, 5.74) is 0. The van der Waals surface area contributed by atoms with Crippen LogP contribution in [0.4, 0.5) is 0 Å². The van der Waals surface area contributed by atoms with Gasteiger partial charge in [0, 0.05) is 32.1 Å². The maximum absolute atomic E-state index is 12.9. The summed E-state index contributed by atoms with van der Waals surface area (Å²) in [4.78, 5) is 28.5. The highest BCUT2D eigenvalue weighted by molar-refractivity contribution is 7.91. The van der Waals surface area contributed by atoms with E-state index < -0.39 is 16.1 Å². The highest BCUT2D eigenvalue weighted by atomic mass is 32.2. The van der Waals surface area contributed by atoms with Gasteiger partial charge in [-0.05, 0) is 30.2 Å². The van der Waals surface area contributed by atoms with Gasteiger partial charge in [0.15, 0.2) is 0 Å². The Morgan fingerprint density at radius 3 is 2.27 bits per heavy atom. The van der Waals surface area contributed by atoms with E-state index in [1.807, 2.05) is 18.7 Å². The Morgan fingerprint density at radius 2 is 1.77 bits per heavy atom. The monoisotopic (exact) mass is 399 g/mol. The molecule has 1 aromatic rings. The zero-order chi connectivity index (χ0) is 18.9. The topological polar surface area (TPSA) is 86.8 Å². The molecule has 144 valence electrons. The third kappa shape index (κ3) is 4.27. The van der Waals surface area contributed by atoms with E-state index in [1.165, 1.54) is 6.07 Å². The minimum atomic E-state index is -3.72. The zero-order valence-electron chi connectivity index (χ0n) is 15.1. The van der Waals surface area contributed by atoms with Crippen molar-refractivity contribution < 1.29 is 18.0 Å². The quantitative estimate of drug-likeness (QED) is 0.777. The van der Waals surface area contributed by atoms with Crippen molar-refractivity contribution in [2.75, 3.05) is 26.2 Å². The van der Waals surface area contributed by atoms with Gasteiger partial charge in [-0.3, -0.25) is 9.59 Å². The average molecular weight is 400 g/mol. The number of hydrogen-bond acceptors (Lipinski definition) is 5. The van der Waals surface area contributed by atoms with Gasteiger partial charge in [0.05, 0.1) is 0 Å². The second-order valence-corrected chi connectivity index (χ2v) is 10.1. The van der Waals surface area contributed by atoms with Crippen molar-refractivity contribution in [3.8, 4) is 0 Å². The van der Waals surface area contributed by atoms with Crippen LogP contribution in [0.3, 0.4) is 0 Å². The first-order valence-electron chi connectivity index (χ1n) is 8.93. The average Bonchev–Trinajstić information content (AvgIpc) is 3.31. The molecule has 3 rings (SSSR count). The fourth-order valence-corrected chi connectivity index (χ4v) is 5.39. The second-order valence-electron chi connectivity index (χ2n) is 7.20. The summed E-state index contributed by atoms with van der Waals surface area (Å²) in [5.74, 6) is -0.0313. The van der Waals surface area contributed by atoms with Crippen molar-refractivity contribution in [2.45, 2.75) is 36.9 Å². The molecule has 1 aliphatic carbocycles. The number of rotatable bonds is 6. The minimum absolute atomic E-state index is 0.177. The lowest BCUT2D eigenvalue weighted by atomic mass is 10.0. The number of nitrogens with zero attached hydrogens (tertiary/aromatic N) is 2. The number of thiophene rings is 1. The maximum atomic E-state index is 12.9. The Labute approximate surface area is 158 Å². The predicted octanol–water partition coefficient (Wildman–Crippen LogP) is 1.13. The summed E-state index contributed by atoms with van der Waals surface area (Å²) in [7, 11) is -3.72. The predicted molar refractivity (Wildman–Crippen MR) is 99.2 cm³/mol. The van der Waals surface area contributed by atoms with E-state index in [1.54, 1.807) is 16.3 Å². The molecule has 9 heteroatoms. The SMILES string of the molecule is CC(C)C(NS(=O)(=O)c1cccs1)C(=O)N1CCN(C(=O)C2CC2)CC1. The number of nitrogens with one attached hydrogen (secondary N) is 1. The molecule has 1 unspecified atom stereocenters. The van der Waals surface area contributed by atoms with Gasteiger partial charge in [0.2, 0.25) is 11.8 Å². The van der Waals surface area contributed by atoms with E-state index in [4.69, 9.17) is 0 Å². The maximum Gasteiger partial charge on any atom is 0.250 e. The molecule has 1 saturated carbocycles. The lowest BCUT2D eigenvalue weighted by Gasteiger charge is -2.37. The van der Waals surface area contributed by atoms with Crippen molar-refractivity contribution in [3.05, 3.63) is 17.5 Å². The van der Waals surface area contributed by atoms with Crippen LogP contribution in [0.1, 0.15) is 26.7 Å². The van der Waals surface area contributed by atoms with Crippen LogP contribution < -0.4 is 4.72 Å². The molecule has 2 fully saturated rings. The molecule has 1 saturated heterocycles. The van der Waals surface area contributed by atoms with Crippen molar-refractivity contribution in [1.29, 1.82) is 0 Å². The van der Waals surface area contributed by atoms with E-state index in [0.717, 1.165) is 24.2 Å². The molecule has 0 radical (unpaired) electrons. The van der Waals surface area contributed by atoms with Gasteiger partial charge in [-0.1, -0.05) is 19.9 Å². The van der Waals surface area contributed by atoms with Gasteiger partial charge < -0.3 is 9.80 Å². The second kappa shape index (κ2) is 7.66. The Morgan fingerprint density at radius 1 is 1.15 bits per heavy atom. The van der Waals surface area contributed by atoms with Crippen molar-refractivity contribution in [2.24, 2.45) is 11.8 Å². The highest BCUT2D eigenvalue weighted by Crippen LogP contribution is 2.31. The first-order valence-corrected chi connectivity index (χ1v) is 11.3. The Balaban J connectivity index is 1.63. The molecule has 2 amide bonds. The summed E-state index contributed by atoms with van der Waals surface area (Å²) in [6.45, 7) is 5.58. The van der Waals surface area contributed by atoms with E-state index in [-0.39, 0.29) is 27.9 Å². The van der Waals surface area contributed by atoms with Crippen LogP contribution in [0.25, 0.3) is 0 Å². The molecular weight excluding hydrogens is 374 g/mol. The molecule has 0 bridgehead atoms. The zero-order valence-corrected chi connectivity index (χ0v) is 16.7. The molecule has 2 aliphatic rings. The van der Waals surface area contributed by atoms with E-state index in [9.17, 15) is 18.0 Å². The van der Waals surface area contributed by atoms with E-state index in [0.29, 0.717) is 26.2 Å². The van der Waals surface area contributed by atoms with E-state index in [2.05, 4.69) is 4.72 Å². The van der Waals surface area contributed by atoms with Crippen LogP contribution in [0.2, 0.25) is 0 Å². The number of carbonyl (C=O) groups excluding carboxylic acids is 2. The highest BCUT2D eigenvalue weighted by Gasteiger charge is 2.37. The Kier molecular flexibility index (Phi) is 5.69. The Bertz CT molecular complexity index is 749. The number of sulfonamides is 1. The fourth-order valence-electron chi connectivity index (χ4n) is 3.05. The molecular formula is C17H25N3O4S2. The third-order valence-electron chi connectivity index (χ3n) is 4.80. The van der Waals surface area contributed by atoms with Crippen molar-refractivity contribution in [1.82, 2.24) is 14.5 Å². The molecule has 26 heavy (non-hydrogen) atoms. The summed E-state index contributed by atoms with van der Waals surface area (Å²) in [6, 6.07) is 2.38. The van der Waals surface area contributed by atoms with Gasteiger partial charge in [-0.15, -0.1) is 11.3 Å². The summed E-state index contributed by atoms with van der Waals surface area (Å²) < 4.78 is 27.8. The van der Waals surface area contributed by atoms with Crippen LogP contribution in [0.5, 0.6) is 0 Å². The standard InChI is InChI=1S/C17H25N3O4S2/c1-12(2)15(18-26(23,24)14-4-3-11-25-14)17(22)20-9-7-19(8-10-20)16(21)13-5-6-13/h3-4,11-13,15,18H,5-10H2,1-2H3. The lowest BCUT2D eigenvalue weighted by Crippen LogP contribution is -2.57. The van der Waals surface area contributed by atoms with Crippen LogP contribution in [-0.4, -0.2) is 62.3 Å². The first-order chi connectivity index (χ1) is 12.3. The minimum Gasteiger partial charge on any atom is -0.339 e. The van der Waals surface area contributed by atoms with Gasteiger partial charge in [-0.25, -0.2) is 8.42 Å². The normalized spacial score (nSPS) is 19.7. The fraction of sp³-hybridized carbons (Fsp3) is 0.647. The number of piperazine rings is 1. The molecule has 1 aromatic heterocycles. The van der Waals surface area contributed by atoms with E-state index >= 15 is 0 Å².